The Kier molecular flexibility index (Phi) is 6.16. The Bertz CT molecular complexity index is 960. The topological polar surface area (TPSA) is 41.1 Å². The lowest BCUT2D eigenvalue weighted by Gasteiger charge is -2.21. The number of anilines is 1. The van der Waals surface area contributed by atoms with Crippen LogP contribution in [0.2, 0.25) is 0 Å². The summed E-state index contributed by atoms with van der Waals surface area (Å²) in [7, 11) is 0. The minimum Gasteiger partial charge on any atom is -0.324 e. The minimum atomic E-state index is -0.637. The third-order valence-corrected chi connectivity index (χ3v) is 4.59. The van der Waals surface area contributed by atoms with Crippen molar-refractivity contribution in [3.05, 3.63) is 90.0 Å². The molecule has 2 atom stereocenters. The fourth-order valence-corrected chi connectivity index (χ4v) is 3.10. The van der Waals surface area contributed by atoms with Crippen molar-refractivity contribution in [3.63, 3.8) is 0 Å². The molecule has 144 valence electrons. The third-order valence-electron chi connectivity index (χ3n) is 4.59. The second kappa shape index (κ2) is 8.76. The molecule has 1 amide bonds. The molecule has 0 aliphatic carbocycles. The molecule has 0 radical (unpaired) electrons. The third kappa shape index (κ3) is 4.61. The van der Waals surface area contributed by atoms with E-state index in [1.807, 2.05) is 54.6 Å². The molecule has 0 unspecified atom stereocenters. The normalized spacial score (nSPS) is 13.0. The molecule has 0 aliphatic heterocycles. The van der Waals surface area contributed by atoms with Crippen molar-refractivity contribution in [3.8, 4) is 11.1 Å². The highest BCUT2D eigenvalue weighted by molar-refractivity contribution is 5.98. The van der Waals surface area contributed by atoms with Crippen LogP contribution in [0.3, 0.4) is 0 Å². The van der Waals surface area contributed by atoms with Crippen LogP contribution < -0.4 is 10.6 Å². The van der Waals surface area contributed by atoms with Crippen molar-refractivity contribution in [2.75, 3.05) is 5.32 Å². The lowest BCUT2D eigenvalue weighted by Crippen LogP contribution is -2.39. The first kappa shape index (κ1) is 19.7. The summed E-state index contributed by atoms with van der Waals surface area (Å²) in [5.41, 5.74) is 2.93. The zero-order valence-corrected chi connectivity index (χ0v) is 15.7. The zero-order chi connectivity index (χ0) is 20.1. The van der Waals surface area contributed by atoms with Crippen molar-refractivity contribution in [2.45, 2.75) is 25.9 Å². The molecule has 2 N–H and O–H groups in total. The van der Waals surface area contributed by atoms with Gasteiger partial charge in [-0.3, -0.25) is 10.1 Å². The summed E-state index contributed by atoms with van der Waals surface area (Å²) in [6.07, 6.45) is 0. The standard InChI is InChI=1S/C23H22F2N2O/c1-15(19-13-12-18(24)14-21(19)25)26-16(2)23(28)27-22-11-7-6-10-20(22)17-8-4-3-5-9-17/h3-16,26H,1-2H3,(H,27,28)/t15-,16-/m1/s1. The van der Waals surface area contributed by atoms with Gasteiger partial charge in [-0.2, -0.15) is 0 Å². The highest BCUT2D eigenvalue weighted by atomic mass is 19.1. The Morgan fingerprint density at radius 3 is 2.29 bits per heavy atom. The summed E-state index contributed by atoms with van der Waals surface area (Å²) in [5, 5.41) is 6.00. The van der Waals surface area contributed by atoms with E-state index in [1.165, 1.54) is 12.1 Å². The van der Waals surface area contributed by atoms with E-state index in [-0.39, 0.29) is 5.91 Å². The highest BCUT2D eigenvalue weighted by Gasteiger charge is 2.19. The molecular formula is C23H22F2N2O. The molecule has 28 heavy (non-hydrogen) atoms. The molecule has 0 saturated carbocycles. The smallest absolute Gasteiger partial charge is 0.241 e. The van der Waals surface area contributed by atoms with Crippen LogP contribution >= 0.6 is 0 Å². The first-order valence-corrected chi connectivity index (χ1v) is 9.12. The molecule has 0 fully saturated rings. The number of hydrogen-bond donors (Lipinski definition) is 2. The maximum Gasteiger partial charge on any atom is 0.241 e. The van der Waals surface area contributed by atoms with Crippen LogP contribution in [-0.4, -0.2) is 11.9 Å². The van der Waals surface area contributed by atoms with Crippen LogP contribution in [0.4, 0.5) is 14.5 Å². The zero-order valence-electron chi connectivity index (χ0n) is 15.7. The van der Waals surface area contributed by atoms with Gasteiger partial charge in [0.05, 0.1) is 6.04 Å². The average molecular weight is 380 g/mol. The number of para-hydroxylation sites is 1. The number of benzene rings is 3. The molecule has 0 bridgehead atoms. The Hall–Kier alpha value is -3.05. The number of carbonyl (C=O) groups is 1. The van der Waals surface area contributed by atoms with E-state index in [1.54, 1.807) is 13.8 Å². The number of carbonyl (C=O) groups excluding carboxylic acids is 1. The molecule has 3 aromatic carbocycles. The van der Waals surface area contributed by atoms with Gasteiger partial charge in [0, 0.05) is 28.9 Å². The molecule has 3 nitrogen and oxygen atoms in total. The van der Waals surface area contributed by atoms with E-state index in [9.17, 15) is 13.6 Å². The Labute approximate surface area is 163 Å². The van der Waals surface area contributed by atoms with Gasteiger partial charge in [-0.1, -0.05) is 54.6 Å². The van der Waals surface area contributed by atoms with Crippen molar-refractivity contribution >= 4 is 11.6 Å². The Morgan fingerprint density at radius 2 is 1.57 bits per heavy atom. The predicted molar refractivity (Wildman–Crippen MR) is 108 cm³/mol. The SMILES string of the molecule is C[C@@H](N[C@H](C)c1ccc(F)cc1F)C(=O)Nc1ccccc1-c1ccccc1. The van der Waals surface area contributed by atoms with E-state index in [0.717, 1.165) is 17.2 Å². The van der Waals surface area contributed by atoms with Gasteiger partial charge in [0.25, 0.3) is 0 Å². The Morgan fingerprint density at radius 1 is 0.893 bits per heavy atom. The quantitative estimate of drug-likeness (QED) is 0.608. The first-order chi connectivity index (χ1) is 13.5. The summed E-state index contributed by atoms with van der Waals surface area (Å²) >= 11 is 0. The lowest BCUT2D eigenvalue weighted by molar-refractivity contribution is -0.117. The van der Waals surface area contributed by atoms with E-state index < -0.39 is 23.7 Å². The molecule has 0 heterocycles. The first-order valence-electron chi connectivity index (χ1n) is 9.12. The fourth-order valence-electron chi connectivity index (χ4n) is 3.10. The number of nitrogens with one attached hydrogen (secondary N) is 2. The molecule has 5 heteroatoms. The maximum atomic E-state index is 14.0. The number of hydrogen-bond acceptors (Lipinski definition) is 2. The van der Waals surface area contributed by atoms with Crippen LogP contribution in [0.25, 0.3) is 11.1 Å². The van der Waals surface area contributed by atoms with Gasteiger partial charge in [-0.15, -0.1) is 0 Å². The number of amides is 1. The number of halogens is 2. The van der Waals surface area contributed by atoms with Crippen molar-refractivity contribution in [1.29, 1.82) is 0 Å². The lowest BCUT2D eigenvalue weighted by atomic mass is 10.0. The van der Waals surface area contributed by atoms with Crippen LogP contribution in [0.1, 0.15) is 25.5 Å². The second-order valence-electron chi connectivity index (χ2n) is 6.68. The van der Waals surface area contributed by atoms with Crippen LogP contribution in [0.5, 0.6) is 0 Å². The minimum absolute atomic E-state index is 0.238. The maximum absolute atomic E-state index is 14.0. The molecule has 3 aromatic rings. The summed E-state index contributed by atoms with van der Waals surface area (Å²) in [5.74, 6) is -1.50. The predicted octanol–water partition coefficient (Wildman–Crippen LogP) is 5.31. The van der Waals surface area contributed by atoms with E-state index in [0.29, 0.717) is 11.3 Å². The van der Waals surface area contributed by atoms with E-state index >= 15 is 0 Å². The van der Waals surface area contributed by atoms with Gasteiger partial charge in [0.2, 0.25) is 5.91 Å². The van der Waals surface area contributed by atoms with Crippen LogP contribution in [-0.2, 0) is 4.79 Å². The molecule has 0 aromatic heterocycles. The highest BCUT2D eigenvalue weighted by Crippen LogP contribution is 2.27. The van der Waals surface area contributed by atoms with Crippen molar-refractivity contribution in [1.82, 2.24) is 5.32 Å². The van der Waals surface area contributed by atoms with Gasteiger partial charge in [0.1, 0.15) is 11.6 Å². The van der Waals surface area contributed by atoms with Gasteiger partial charge >= 0.3 is 0 Å². The molecular weight excluding hydrogens is 358 g/mol. The van der Waals surface area contributed by atoms with E-state index in [4.69, 9.17) is 0 Å². The Balaban J connectivity index is 1.71. The van der Waals surface area contributed by atoms with Gasteiger partial charge in [-0.25, -0.2) is 8.78 Å². The van der Waals surface area contributed by atoms with Crippen LogP contribution in [0, 0.1) is 11.6 Å². The second-order valence-corrected chi connectivity index (χ2v) is 6.68. The van der Waals surface area contributed by atoms with Gasteiger partial charge in [0.15, 0.2) is 0 Å². The summed E-state index contributed by atoms with van der Waals surface area (Å²) < 4.78 is 27.1. The van der Waals surface area contributed by atoms with Crippen molar-refractivity contribution in [2.24, 2.45) is 0 Å². The van der Waals surface area contributed by atoms with E-state index in [2.05, 4.69) is 10.6 Å². The largest absolute Gasteiger partial charge is 0.324 e. The fraction of sp³-hybridized carbons (Fsp3) is 0.174. The number of rotatable bonds is 6. The average Bonchev–Trinajstić information content (AvgIpc) is 2.69. The summed E-state index contributed by atoms with van der Waals surface area (Å²) in [6.45, 7) is 3.44. The molecule has 0 spiro atoms. The molecule has 0 saturated heterocycles. The monoisotopic (exact) mass is 380 g/mol. The van der Waals surface area contributed by atoms with Crippen LogP contribution in [0.15, 0.2) is 72.8 Å². The summed E-state index contributed by atoms with van der Waals surface area (Å²) in [4.78, 5) is 12.7. The molecule has 0 aliphatic rings. The molecule has 3 rings (SSSR count). The van der Waals surface area contributed by atoms with Crippen molar-refractivity contribution < 1.29 is 13.6 Å². The summed E-state index contributed by atoms with van der Waals surface area (Å²) in [6, 6.07) is 19.7. The van der Waals surface area contributed by atoms with Gasteiger partial charge in [-0.05, 0) is 31.5 Å². The van der Waals surface area contributed by atoms with Gasteiger partial charge < -0.3 is 5.32 Å².